The summed E-state index contributed by atoms with van der Waals surface area (Å²) in [5.41, 5.74) is 4.07. The predicted octanol–water partition coefficient (Wildman–Crippen LogP) is 6.06. The zero-order chi connectivity index (χ0) is 21.3. The summed E-state index contributed by atoms with van der Waals surface area (Å²) in [6, 6.07) is 19.8. The molecule has 4 nitrogen and oxygen atoms in total. The molecule has 0 N–H and O–H groups in total. The van der Waals surface area contributed by atoms with Gasteiger partial charge in [-0.1, -0.05) is 48.6 Å². The molecule has 0 bridgehead atoms. The van der Waals surface area contributed by atoms with Gasteiger partial charge < -0.3 is 18.9 Å². The van der Waals surface area contributed by atoms with Crippen LogP contribution in [0.15, 0.2) is 60.7 Å². The third-order valence-electron chi connectivity index (χ3n) is 4.72. The third-order valence-corrected chi connectivity index (χ3v) is 4.72. The average molecular weight is 402 g/mol. The highest BCUT2D eigenvalue weighted by Gasteiger charge is 2.08. The predicted molar refractivity (Wildman–Crippen MR) is 123 cm³/mol. The molecule has 0 aliphatic carbocycles. The van der Waals surface area contributed by atoms with Gasteiger partial charge in [-0.2, -0.15) is 0 Å². The normalized spacial score (nSPS) is 11.1. The van der Waals surface area contributed by atoms with E-state index in [1.54, 1.807) is 28.4 Å². The standard InChI is InChI=1S/C26H26O4/c1-27-23-13-7-19(8-14-23)5-11-21-17-22(26(30-4)18-25(21)29-3)12-6-20-9-15-24(28-2)16-10-20/h5-18H,1-4H3/b11-5+,12-6+. The summed E-state index contributed by atoms with van der Waals surface area (Å²) in [6.45, 7) is 0. The first kappa shape index (κ1) is 21.1. The average Bonchev–Trinajstić information content (AvgIpc) is 2.81. The summed E-state index contributed by atoms with van der Waals surface area (Å²) < 4.78 is 21.6. The largest absolute Gasteiger partial charge is 0.497 e. The van der Waals surface area contributed by atoms with Crippen LogP contribution in [0.5, 0.6) is 23.0 Å². The van der Waals surface area contributed by atoms with Crippen LogP contribution in [-0.2, 0) is 0 Å². The second-order valence-electron chi connectivity index (χ2n) is 6.55. The van der Waals surface area contributed by atoms with Crippen LogP contribution in [0.2, 0.25) is 0 Å². The summed E-state index contributed by atoms with van der Waals surface area (Å²) in [6.07, 6.45) is 8.15. The fraction of sp³-hybridized carbons (Fsp3) is 0.154. The molecule has 0 saturated carbocycles. The summed E-state index contributed by atoms with van der Waals surface area (Å²) in [5.74, 6) is 3.16. The van der Waals surface area contributed by atoms with Crippen LogP contribution in [0.4, 0.5) is 0 Å². The lowest BCUT2D eigenvalue weighted by Gasteiger charge is -2.11. The van der Waals surface area contributed by atoms with Crippen molar-refractivity contribution in [3.63, 3.8) is 0 Å². The van der Waals surface area contributed by atoms with E-state index in [0.717, 1.165) is 45.3 Å². The van der Waals surface area contributed by atoms with Gasteiger partial charge in [-0.25, -0.2) is 0 Å². The minimum Gasteiger partial charge on any atom is -0.497 e. The second-order valence-corrected chi connectivity index (χ2v) is 6.55. The minimum atomic E-state index is 0.748. The fourth-order valence-electron chi connectivity index (χ4n) is 3.01. The van der Waals surface area contributed by atoms with E-state index in [1.165, 1.54) is 0 Å². The van der Waals surface area contributed by atoms with Crippen molar-refractivity contribution in [2.24, 2.45) is 0 Å². The van der Waals surface area contributed by atoms with Crippen molar-refractivity contribution in [3.8, 4) is 23.0 Å². The quantitative estimate of drug-likeness (QED) is 0.429. The van der Waals surface area contributed by atoms with Crippen LogP contribution >= 0.6 is 0 Å². The molecule has 154 valence electrons. The van der Waals surface area contributed by atoms with Crippen molar-refractivity contribution in [1.82, 2.24) is 0 Å². The van der Waals surface area contributed by atoms with E-state index < -0.39 is 0 Å². The van der Waals surface area contributed by atoms with Crippen molar-refractivity contribution in [2.45, 2.75) is 0 Å². The highest BCUT2D eigenvalue weighted by atomic mass is 16.5. The van der Waals surface area contributed by atoms with E-state index in [0.29, 0.717) is 0 Å². The van der Waals surface area contributed by atoms with Gasteiger partial charge in [-0.15, -0.1) is 0 Å². The number of methoxy groups -OCH3 is 4. The molecule has 0 radical (unpaired) electrons. The van der Waals surface area contributed by atoms with E-state index in [9.17, 15) is 0 Å². The minimum absolute atomic E-state index is 0.748. The SMILES string of the molecule is COc1ccc(/C=C/c2cc(/C=C/c3ccc(OC)cc3)c(OC)cc2OC)cc1. The van der Waals surface area contributed by atoms with Gasteiger partial charge in [-0.05, 0) is 41.5 Å². The van der Waals surface area contributed by atoms with E-state index in [4.69, 9.17) is 18.9 Å². The van der Waals surface area contributed by atoms with E-state index in [1.807, 2.05) is 78.9 Å². The van der Waals surface area contributed by atoms with Gasteiger partial charge in [0.05, 0.1) is 28.4 Å². The van der Waals surface area contributed by atoms with Crippen LogP contribution in [0.3, 0.4) is 0 Å². The topological polar surface area (TPSA) is 36.9 Å². The molecule has 3 aromatic rings. The lowest BCUT2D eigenvalue weighted by Crippen LogP contribution is -1.93. The second kappa shape index (κ2) is 10.2. The highest BCUT2D eigenvalue weighted by molar-refractivity contribution is 5.79. The Morgan fingerprint density at radius 3 is 1.20 bits per heavy atom. The molecule has 4 heteroatoms. The summed E-state index contributed by atoms with van der Waals surface area (Å²) >= 11 is 0. The van der Waals surface area contributed by atoms with E-state index in [-0.39, 0.29) is 0 Å². The molecule has 0 atom stereocenters. The van der Waals surface area contributed by atoms with Crippen LogP contribution in [0.1, 0.15) is 22.3 Å². The first-order valence-electron chi connectivity index (χ1n) is 9.57. The molecule has 0 spiro atoms. The molecular weight excluding hydrogens is 376 g/mol. The van der Waals surface area contributed by atoms with Crippen molar-refractivity contribution in [2.75, 3.05) is 28.4 Å². The van der Waals surface area contributed by atoms with Crippen molar-refractivity contribution in [1.29, 1.82) is 0 Å². The smallest absolute Gasteiger partial charge is 0.129 e. The molecule has 0 fully saturated rings. The van der Waals surface area contributed by atoms with Crippen molar-refractivity contribution >= 4 is 24.3 Å². The first-order chi connectivity index (χ1) is 14.7. The molecule has 0 unspecified atom stereocenters. The number of ether oxygens (including phenoxy) is 4. The molecule has 0 saturated heterocycles. The molecule has 0 aromatic heterocycles. The van der Waals surface area contributed by atoms with Gasteiger partial charge in [0.2, 0.25) is 0 Å². The molecular formula is C26H26O4. The Labute approximate surface area is 178 Å². The Bertz CT molecular complexity index is 935. The molecule has 3 rings (SSSR count). The Balaban J connectivity index is 1.90. The summed E-state index contributed by atoms with van der Waals surface area (Å²) in [5, 5.41) is 0. The monoisotopic (exact) mass is 402 g/mol. The maximum absolute atomic E-state index is 5.57. The Morgan fingerprint density at radius 1 is 0.467 bits per heavy atom. The molecule has 30 heavy (non-hydrogen) atoms. The van der Waals surface area contributed by atoms with E-state index in [2.05, 4.69) is 6.07 Å². The van der Waals surface area contributed by atoms with Gasteiger partial charge in [0.15, 0.2) is 0 Å². The maximum Gasteiger partial charge on any atom is 0.129 e. The van der Waals surface area contributed by atoms with Gasteiger partial charge in [0, 0.05) is 17.2 Å². The lowest BCUT2D eigenvalue weighted by molar-refractivity contribution is 0.393. The molecule has 0 aliphatic rings. The lowest BCUT2D eigenvalue weighted by atomic mass is 10.0. The fourth-order valence-corrected chi connectivity index (χ4v) is 3.01. The number of benzene rings is 3. The van der Waals surface area contributed by atoms with Crippen LogP contribution in [-0.4, -0.2) is 28.4 Å². The summed E-state index contributed by atoms with van der Waals surface area (Å²) in [4.78, 5) is 0. The van der Waals surface area contributed by atoms with Crippen LogP contribution in [0.25, 0.3) is 24.3 Å². The maximum atomic E-state index is 5.57. The summed E-state index contributed by atoms with van der Waals surface area (Å²) in [7, 11) is 6.64. The van der Waals surface area contributed by atoms with Gasteiger partial charge in [0.25, 0.3) is 0 Å². The van der Waals surface area contributed by atoms with Crippen molar-refractivity contribution < 1.29 is 18.9 Å². The number of hydrogen-bond acceptors (Lipinski definition) is 4. The van der Waals surface area contributed by atoms with E-state index >= 15 is 0 Å². The molecule has 0 heterocycles. The Kier molecular flexibility index (Phi) is 7.17. The first-order valence-corrected chi connectivity index (χ1v) is 9.57. The van der Waals surface area contributed by atoms with Gasteiger partial charge >= 0.3 is 0 Å². The zero-order valence-corrected chi connectivity index (χ0v) is 17.7. The van der Waals surface area contributed by atoms with Gasteiger partial charge in [-0.3, -0.25) is 0 Å². The molecule has 0 amide bonds. The molecule has 3 aromatic carbocycles. The Hall–Kier alpha value is -3.66. The zero-order valence-electron chi connectivity index (χ0n) is 17.7. The van der Waals surface area contributed by atoms with Gasteiger partial charge in [0.1, 0.15) is 23.0 Å². The Morgan fingerprint density at radius 2 is 0.867 bits per heavy atom. The number of rotatable bonds is 8. The number of hydrogen-bond donors (Lipinski definition) is 0. The molecule has 0 aliphatic heterocycles. The highest BCUT2D eigenvalue weighted by Crippen LogP contribution is 2.32. The third kappa shape index (κ3) is 5.23. The van der Waals surface area contributed by atoms with Crippen LogP contribution in [0, 0.1) is 0 Å². The van der Waals surface area contributed by atoms with Crippen molar-refractivity contribution in [3.05, 3.63) is 82.9 Å². The van der Waals surface area contributed by atoms with Crippen LogP contribution < -0.4 is 18.9 Å².